The molecule has 1 aliphatic heterocycles. The van der Waals surface area contributed by atoms with Crippen molar-refractivity contribution in [3.05, 3.63) is 88.0 Å². The molecule has 0 spiro atoms. The van der Waals surface area contributed by atoms with Crippen molar-refractivity contribution in [1.82, 2.24) is 9.80 Å². The van der Waals surface area contributed by atoms with Crippen LogP contribution in [-0.2, 0) is 19.7 Å². The van der Waals surface area contributed by atoms with Crippen LogP contribution in [-0.4, -0.2) is 45.9 Å². The fourth-order valence-corrected chi connectivity index (χ4v) is 4.01. The maximum absolute atomic E-state index is 13.6. The molecule has 2 N–H and O–H groups in total. The zero-order valence-electron chi connectivity index (χ0n) is 18.8. The quantitative estimate of drug-likeness (QED) is 0.622. The van der Waals surface area contributed by atoms with Crippen molar-refractivity contribution < 1.29 is 24.5 Å². The summed E-state index contributed by atoms with van der Waals surface area (Å²) in [7, 11) is 3.38. The number of fused-ring (bicyclic) bond motifs is 1. The Labute approximate surface area is 192 Å². The van der Waals surface area contributed by atoms with Crippen LogP contribution in [0.1, 0.15) is 43.0 Å². The van der Waals surface area contributed by atoms with E-state index in [2.05, 4.69) is 0 Å². The van der Waals surface area contributed by atoms with E-state index >= 15 is 0 Å². The third kappa shape index (κ3) is 4.22. The van der Waals surface area contributed by atoms with E-state index in [9.17, 15) is 19.8 Å². The first-order valence-corrected chi connectivity index (χ1v) is 10.6. The number of benzene rings is 3. The van der Waals surface area contributed by atoms with Crippen LogP contribution in [0.3, 0.4) is 0 Å². The van der Waals surface area contributed by atoms with Crippen molar-refractivity contribution in [2.45, 2.75) is 26.6 Å². The summed E-state index contributed by atoms with van der Waals surface area (Å²) >= 11 is 0. The summed E-state index contributed by atoms with van der Waals surface area (Å²) in [6.45, 7) is 2.35. The van der Waals surface area contributed by atoms with Crippen LogP contribution in [0, 0.1) is 6.92 Å². The minimum Gasteiger partial charge on any atom is -0.507 e. The van der Waals surface area contributed by atoms with Crippen LogP contribution < -0.4 is 4.74 Å². The number of phenols is 2. The molecule has 170 valence electrons. The third-order valence-corrected chi connectivity index (χ3v) is 5.83. The van der Waals surface area contributed by atoms with Crippen LogP contribution in [0.25, 0.3) is 0 Å². The Balaban J connectivity index is 1.66. The van der Waals surface area contributed by atoms with Gasteiger partial charge in [-0.05, 0) is 29.7 Å². The molecule has 7 heteroatoms. The molecule has 0 saturated carbocycles. The van der Waals surface area contributed by atoms with E-state index in [1.54, 1.807) is 38.1 Å². The molecule has 2 amide bonds. The molecule has 4 rings (SSSR count). The van der Waals surface area contributed by atoms with E-state index in [0.29, 0.717) is 17.7 Å². The smallest absolute Gasteiger partial charge is 0.262 e. The Kier molecular flexibility index (Phi) is 5.96. The molecule has 7 nitrogen and oxygen atoms in total. The number of aromatic hydroxyl groups is 2. The number of hydrogen-bond donors (Lipinski definition) is 2. The van der Waals surface area contributed by atoms with Crippen molar-refractivity contribution in [3.8, 4) is 17.2 Å². The first kappa shape index (κ1) is 22.2. The molecule has 3 aromatic carbocycles. The van der Waals surface area contributed by atoms with E-state index in [1.807, 2.05) is 36.4 Å². The van der Waals surface area contributed by atoms with Gasteiger partial charge < -0.3 is 24.7 Å². The fraction of sp³-hybridized carbons (Fsp3) is 0.231. The van der Waals surface area contributed by atoms with Gasteiger partial charge in [-0.2, -0.15) is 0 Å². The van der Waals surface area contributed by atoms with E-state index in [1.165, 1.54) is 4.90 Å². The number of nitrogens with zero attached hydrogens (tertiary/aromatic N) is 2. The molecule has 3 aromatic rings. The number of carbonyl (C=O) groups excluding carboxylic acids is 2. The number of rotatable bonds is 5. The number of ether oxygens (including phenoxy) is 1. The van der Waals surface area contributed by atoms with Gasteiger partial charge in [0, 0.05) is 44.4 Å². The maximum atomic E-state index is 13.6. The van der Waals surface area contributed by atoms with Crippen LogP contribution in [0.15, 0.2) is 54.6 Å². The monoisotopic (exact) mass is 446 g/mol. The van der Waals surface area contributed by atoms with Gasteiger partial charge in [0.05, 0.1) is 0 Å². The zero-order chi connectivity index (χ0) is 23.7. The van der Waals surface area contributed by atoms with E-state index < -0.39 is 5.91 Å². The van der Waals surface area contributed by atoms with Crippen molar-refractivity contribution >= 4 is 11.8 Å². The van der Waals surface area contributed by atoms with Gasteiger partial charge in [-0.1, -0.05) is 42.5 Å². The molecule has 0 bridgehead atoms. The van der Waals surface area contributed by atoms with Gasteiger partial charge in [-0.15, -0.1) is 0 Å². The lowest BCUT2D eigenvalue weighted by Gasteiger charge is -2.21. The molecule has 0 fully saturated rings. The highest BCUT2D eigenvalue weighted by molar-refractivity contribution is 6.01. The molecule has 0 atom stereocenters. The average Bonchev–Trinajstić information content (AvgIpc) is 3.24. The number of amides is 2. The largest absolute Gasteiger partial charge is 0.507 e. The maximum Gasteiger partial charge on any atom is 0.262 e. The molecule has 0 unspecified atom stereocenters. The predicted octanol–water partition coefficient (Wildman–Crippen LogP) is 3.84. The lowest BCUT2D eigenvalue weighted by atomic mass is 10.0. The second-order valence-electron chi connectivity index (χ2n) is 8.32. The molecular formula is C26H26N2O5. The van der Waals surface area contributed by atoms with Gasteiger partial charge in [0.15, 0.2) is 0 Å². The highest BCUT2D eigenvalue weighted by atomic mass is 16.5. The van der Waals surface area contributed by atoms with Crippen LogP contribution >= 0.6 is 0 Å². The third-order valence-electron chi connectivity index (χ3n) is 5.83. The SMILES string of the molecule is Cc1c(O)cc(O)c(C(=O)N2Cc3cccc(C(=O)N(C)C)c3C2)c1OCc1ccccc1. The zero-order valence-corrected chi connectivity index (χ0v) is 18.8. The molecule has 0 aliphatic carbocycles. The summed E-state index contributed by atoms with van der Waals surface area (Å²) in [6.07, 6.45) is 0. The first-order valence-electron chi connectivity index (χ1n) is 10.6. The van der Waals surface area contributed by atoms with Crippen LogP contribution in [0.4, 0.5) is 0 Å². The van der Waals surface area contributed by atoms with Crippen molar-refractivity contribution in [3.63, 3.8) is 0 Å². The first-order chi connectivity index (χ1) is 15.8. The van der Waals surface area contributed by atoms with Crippen molar-refractivity contribution in [2.24, 2.45) is 0 Å². The highest BCUT2D eigenvalue weighted by Crippen LogP contribution is 2.40. The summed E-state index contributed by atoms with van der Waals surface area (Å²) in [5.74, 6) is -0.932. The normalized spacial score (nSPS) is 12.4. The number of phenolic OH excluding ortho intramolecular Hbond substituents is 2. The number of hydrogen-bond acceptors (Lipinski definition) is 5. The Morgan fingerprint density at radius 2 is 1.73 bits per heavy atom. The van der Waals surface area contributed by atoms with Crippen LogP contribution in [0.2, 0.25) is 0 Å². The topological polar surface area (TPSA) is 90.3 Å². The highest BCUT2D eigenvalue weighted by Gasteiger charge is 2.32. The van der Waals surface area contributed by atoms with Crippen molar-refractivity contribution in [2.75, 3.05) is 14.1 Å². The molecule has 0 aromatic heterocycles. The number of carbonyl (C=O) groups is 2. The van der Waals surface area contributed by atoms with Crippen molar-refractivity contribution in [1.29, 1.82) is 0 Å². The minimum absolute atomic E-state index is 0.00507. The van der Waals surface area contributed by atoms with Gasteiger partial charge in [0.2, 0.25) is 0 Å². The summed E-state index contributed by atoms with van der Waals surface area (Å²) < 4.78 is 5.94. The molecule has 33 heavy (non-hydrogen) atoms. The lowest BCUT2D eigenvalue weighted by Crippen LogP contribution is -2.27. The fourth-order valence-electron chi connectivity index (χ4n) is 4.01. The van der Waals surface area contributed by atoms with E-state index in [-0.39, 0.29) is 41.9 Å². The van der Waals surface area contributed by atoms with Gasteiger partial charge in [0.25, 0.3) is 11.8 Å². The Bertz CT molecular complexity index is 1220. The van der Waals surface area contributed by atoms with Gasteiger partial charge in [0.1, 0.15) is 29.4 Å². The predicted molar refractivity (Wildman–Crippen MR) is 123 cm³/mol. The summed E-state index contributed by atoms with van der Waals surface area (Å²) in [5.41, 5.74) is 3.49. The van der Waals surface area contributed by atoms with Gasteiger partial charge >= 0.3 is 0 Å². The Hall–Kier alpha value is -4.00. The second kappa shape index (κ2) is 8.86. The van der Waals surface area contributed by atoms with E-state index in [0.717, 1.165) is 22.8 Å². The molecular weight excluding hydrogens is 420 g/mol. The summed E-state index contributed by atoms with van der Waals surface area (Å²) in [5, 5.41) is 20.8. The standard InChI is InChI=1S/C26H26N2O5/c1-16-21(29)12-22(30)23(24(16)33-15-17-8-5-4-6-9-17)26(32)28-13-18-10-7-11-19(20(18)14-28)25(31)27(2)3/h4-12,29-30H,13-15H2,1-3H3. The summed E-state index contributed by atoms with van der Waals surface area (Å²) in [4.78, 5) is 29.2. The molecule has 1 aliphatic rings. The van der Waals surface area contributed by atoms with Crippen LogP contribution in [0.5, 0.6) is 17.2 Å². The van der Waals surface area contributed by atoms with E-state index in [4.69, 9.17) is 4.74 Å². The molecule has 1 heterocycles. The Morgan fingerprint density at radius 3 is 2.42 bits per heavy atom. The average molecular weight is 447 g/mol. The molecule has 0 radical (unpaired) electrons. The summed E-state index contributed by atoms with van der Waals surface area (Å²) in [6, 6.07) is 16.0. The minimum atomic E-state index is -0.432. The Morgan fingerprint density at radius 1 is 1.00 bits per heavy atom. The lowest BCUT2D eigenvalue weighted by molar-refractivity contribution is 0.0738. The molecule has 0 saturated heterocycles. The van der Waals surface area contributed by atoms with Gasteiger partial charge in [-0.3, -0.25) is 9.59 Å². The van der Waals surface area contributed by atoms with Gasteiger partial charge in [-0.25, -0.2) is 0 Å². The second-order valence-corrected chi connectivity index (χ2v) is 8.32.